The van der Waals surface area contributed by atoms with Crippen molar-refractivity contribution in [2.24, 2.45) is 0 Å². The Balaban J connectivity index is 1.99. The molecule has 0 aromatic heterocycles. The average molecular weight is 388 g/mol. The molecule has 0 saturated carbocycles. The highest BCUT2D eigenvalue weighted by atomic mass is 35.5. The van der Waals surface area contributed by atoms with Gasteiger partial charge in [-0.3, -0.25) is 9.59 Å². The normalized spacial score (nSPS) is 11.2. The van der Waals surface area contributed by atoms with E-state index in [9.17, 15) is 9.59 Å². The van der Waals surface area contributed by atoms with Gasteiger partial charge in [0.2, 0.25) is 5.91 Å². The summed E-state index contributed by atoms with van der Waals surface area (Å²) >= 11 is 7.64. The molecular weight excluding hydrogens is 370 g/mol. The van der Waals surface area contributed by atoms with Crippen molar-refractivity contribution in [1.29, 1.82) is 5.26 Å². The summed E-state index contributed by atoms with van der Waals surface area (Å²) in [5, 5.41) is 14.5. The molecule has 0 heterocycles. The predicted molar refractivity (Wildman–Crippen MR) is 103 cm³/mol. The van der Waals surface area contributed by atoms with E-state index in [0.29, 0.717) is 22.8 Å². The molecule has 0 bridgehead atoms. The largest absolute Gasteiger partial charge is 0.341 e. The van der Waals surface area contributed by atoms with Crippen LogP contribution in [-0.2, 0) is 4.79 Å². The van der Waals surface area contributed by atoms with Crippen LogP contribution in [0.3, 0.4) is 0 Å². The topological polar surface area (TPSA) is 82.0 Å². The van der Waals surface area contributed by atoms with E-state index in [1.165, 1.54) is 11.8 Å². The first kappa shape index (κ1) is 19.8. The summed E-state index contributed by atoms with van der Waals surface area (Å²) in [6.07, 6.45) is 0.408. The van der Waals surface area contributed by atoms with Crippen LogP contribution >= 0.6 is 23.4 Å². The molecule has 0 saturated heterocycles. The van der Waals surface area contributed by atoms with E-state index in [1.807, 2.05) is 30.3 Å². The third kappa shape index (κ3) is 6.10. The van der Waals surface area contributed by atoms with Crippen LogP contribution in [0.5, 0.6) is 0 Å². The molecule has 0 aliphatic heterocycles. The van der Waals surface area contributed by atoms with E-state index in [-0.39, 0.29) is 18.4 Å². The highest BCUT2D eigenvalue weighted by Gasteiger charge is 2.21. The summed E-state index contributed by atoms with van der Waals surface area (Å²) in [7, 11) is 0. The SMILES string of the molecule is N#CCNC(=O)[C@@H](CCSc1ccccc1Cl)NC(=O)c1ccccc1. The fourth-order valence-corrected chi connectivity index (χ4v) is 3.45. The summed E-state index contributed by atoms with van der Waals surface area (Å²) in [6, 6.07) is 17.3. The van der Waals surface area contributed by atoms with Gasteiger partial charge < -0.3 is 10.6 Å². The van der Waals surface area contributed by atoms with Crippen LogP contribution in [0.2, 0.25) is 5.02 Å². The monoisotopic (exact) mass is 387 g/mol. The molecular formula is C19H18ClN3O2S. The summed E-state index contributed by atoms with van der Waals surface area (Å²) in [4.78, 5) is 25.5. The minimum atomic E-state index is -0.731. The second-order valence-corrected chi connectivity index (χ2v) is 6.88. The Morgan fingerprint density at radius 2 is 1.81 bits per heavy atom. The number of hydrogen-bond donors (Lipinski definition) is 2. The van der Waals surface area contributed by atoms with E-state index >= 15 is 0 Å². The Morgan fingerprint density at radius 1 is 1.12 bits per heavy atom. The lowest BCUT2D eigenvalue weighted by atomic mass is 10.1. The van der Waals surface area contributed by atoms with E-state index in [4.69, 9.17) is 16.9 Å². The molecule has 2 rings (SSSR count). The summed E-state index contributed by atoms with van der Waals surface area (Å²) < 4.78 is 0. The Labute approximate surface area is 161 Å². The van der Waals surface area contributed by atoms with Crippen molar-refractivity contribution in [2.45, 2.75) is 17.4 Å². The fraction of sp³-hybridized carbons (Fsp3) is 0.211. The van der Waals surface area contributed by atoms with Crippen molar-refractivity contribution in [2.75, 3.05) is 12.3 Å². The minimum absolute atomic E-state index is 0.103. The van der Waals surface area contributed by atoms with Crippen LogP contribution in [-0.4, -0.2) is 30.2 Å². The van der Waals surface area contributed by atoms with Gasteiger partial charge in [-0.2, -0.15) is 5.26 Å². The van der Waals surface area contributed by atoms with Gasteiger partial charge in [0.1, 0.15) is 12.6 Å². The van der Waals surface area contributed by atoms with Crippen molar-refractivity contribution in [3.05, 3.63) is 65.2 Å². The van der Waals surface area contributed by atoms with Gasteiger partial charge in [0, 0.05) is 16.2 Å². The second-order valence-electron chi connectivity index (χ2n) is 5.34. The molecule has 26 heavy (non-hydrogen) atoms. The van der Waals surface area contributed by atoms with Crippen LogP contribution in [0.15, 0.2) is 59.5 Å². The Kier molecular flexibility index (Phi) is 8.00. The molecule has 2 aromatic carbocycles. The number of nitrogens with one attached hydrogen (secondary N) is 2. The number of carbonyl (C=O) groups is 2. The minimum Gasteiger partial charge on any atom is -0.341 e. The number of rotatable bonds is 8. The molecule has 0 fully saturated rings. The number of benzene rings is 2. The van der Waals surface area contributed by atoms with Crippen LogP contribution in [0.1, 0.15) is 16.8 Å². The summed E-state index contributed by atoms with van der Waals surface area (Å²) in [5.74, 6) is -0.121. The van der Waals surface area contributed by atoms with Crippen molar-refractivity contribution >= 4 is 35.2 Å². The molecule has 0 aliphatic carbocycles. The Bertz CT molecular complexity index is 793. The number of halogens is 1. The first-order valence-corrected chi connectivity index (χ1v) is 9.36. The Hall–Kier alpha value is -2.49. The molecule has 7 heteroatoms. The molecule has 5 nitrogen and oxygen atoms in total. The van der Waals surface area contributed by atoms with Crippen LogP contribution in [0.25, 0.3) is 0 Å². The molecule has 2 aromatic rings. The number of nitriles is 1. The lowest BCUT2D eigenvalue weighted by Gasteiger charge is -2.18. The lowest BCUT2D eigenvalue weighted by molar-refractivity contribution is -0.122. The zero-order valence-electron chi connectivity index (χ0n) is 13.9. The van der Waals surface area contributed by atoms with Crippen LogP contribution in [0, 0.1) is 11.3 Å². The van der Waals surface area contributed by atoms with Gasteiger partial charge in [-0.1, -0.05) is 41.9 Å². The predicted octanol–water partition coefficient (Wildman–Crippen LogP) is 3.26. The molecule has 0 spiro atoms. The van der Waals surface area contributed by atoms with Crippen molar-refractivity contribution in [3.8, 4) is 6.07 Å². The van der Waals surface area contributed by atoms with Crippen LogP contribution in [0.4, 0.5) is 0 Å². The van der Waals surface area contributed by atoms with Crippen molar-refractivity contribution < 1.29 is 9.59 Å². The summed E-state index contributed by atoms with van der Waals surface area (Å²) in [6.45, 7) is -0.103. The van der Waals surface area contributed by atoms with Gasteiger partial charge in [0.05, 0.1) is 11.1 Å². The first-order valence-electron chi connectivity index (χ1n) is 7.99. The molecule has 134 valence electrons. The standard InChI is InChI=1S/C19H18ClN3O2S/c20-15-8-4-5-9-17(15)26-13-10-16(19(25)22-12-11-21)23-18(24)14-6-2-1-3-7-14/h1-9,16H,10,12-13H2,(H,22,25)(H,23,24)/t16-/m1/s1. The lowest BCUT2D eigenvalue weighted by Crippen LogP contribution is -2.47. The molecule has 0 unspecified atom stereocenters. The smallest absolute Gasteiger partial charge is 0.251 e. The number of carbonyl (C=O) groups excluding carboxylic acids is 2. The maximum atomic E-state index is 12.3. The number of thioether (sulfide) groups is 1. The maximum absolute atomic E-state index is 12.3. The molecule has 1 atom stereocenters. The molecule has 2 N–H and O–H groups in total. The molecule has 0 aliphatic rings. The number of amides is 2. The fourth-order valence-electron chi connectivity index (χ4n) is 2.20. The van der Waals surface area contributed by atoms with E-state index in [0.717, 1.165) is 4.90 Å². The highest BCUT2D eigenvalue weighted by molar-refractivity contribution is 7.99. The van der Waals surface area contributed by atoms with E-state index in [2.05, 4.69) is 10.6 Å². The van der Waals surface area contributed by atoms with Crippen molar-refractivity contribution in [3.63, 3.8) is 0 Å². The molecule has 2 amide bonds. The van der Waals surface area contributed by atoms with Gasteiger partial charge in [-0.15, -0.1) is 11.8 Å². The van der Waals surface area contributed by atoms with Gasteiger partial charge in [-0.25, -0.2) is 0 Å². The third-order valence-corrected chi connectivity index (χ3v) is 5.05. The van der Waals surface area contributed by atoms with Crippen LogP contribution < -0.4 is 10.6 Å². The van der Waals surface area contributed by atoms with E-state index < -0.39 is 6.04 Å². The number of hydrogen-bond acceptors (Lipinski definition) is 4. The Morgan fingerprint density at radius 3 is 2.50 bits per heavy atom. The van der Waals surface area contributed by atoms with Crippen molar-refractivity contribution in [1.82, 2.24) is 10.6 Å². The number of nitrogens with zero attached hydrogens (tertiary/aromatic N) is 1. The third-order valence-electron chi connectivity index (χ3n) is 3.50. The zero-order chi connectivity index (χ0) is 18.8. The highest BCUT2D eigenvalue weighted by Crippen LogP contribution is 2.27. The van der Waals surface area contributed by atoms with Gasteiger partial charge >= 0.3 is 0 Å². The zero-order valence-corrected chi connectivity index (χ0v) is 15.5. The van der Waals surface area contributed by atoms with E-state index in [1.54, 1.807) is 30.3 Å². The van der Waals surface area contributed by atoms with Gasteiger partial charge in [0.15, 0.2) is 0 Å². The first-order chi connectivity index (χ1) is 12.6. The maximum Gasteiger partial charge on any atom is 0.251 e. The van der Waals surface area contributed by atoms with Gasteiger partial charge in [0.25, 0.3) is 5.91 Å². The molecule has 0 radical (unpaired) electrons. The van der Waals surface area contributed by atoms with Gasteiger partial charge in [-0.05, 0) is 30.7 Å². The quantitative estimate of drug-likeness (QED) is 0.538. The second kappa shape index (κ2) is 10.5. The average Bonchev–Trinajstić information content (AvgIpc) is 2.67. The summed E-state index contributed by atoms with van der Waals surface area (Å²) in [5.41, 5.74) is 0.476.